The van der Waals surface area contributed by atoms with Crippen molar-refractivity contribution in [3.8, 4) is 33.5 Å². The Morgan fingerprint density at radius 3 is 2.44 bits per heavy atom. The molecule has 4 heterocycles. The van der Waals surface area contributed by atoms with Crippen LogP contribution < -0.4 is 5.73 Å². The number of primary amides is 1. The summed E-state index contributed by atoms with van der Waals surface area (Å²) in [7, 11) is 1.90. The van der Waals surface area contributed by atoms with E-state index < -0.39 is 0 Å². The summed E-state index contributed by atoms with van der Waals surface area (Å²) in [4.78, 5) is 20.9. The first kappa shape index (κ1) is 20.3. The van der Waals surface area contributed by atoms with Gasteiger partial charge in [-0.3, -0.25) is 19.4 Å². The summed E-state index contributed by atoms with van der Waals surface area (Å²) in [6.07, 6.45) is 14.9. The molecule has 1 fully saturated rings. The quantitative estimate of drug-likeness (QED) is 0.424. The zero-order chi connectivity index (χ0) is 23.2. The SMILES string of the molecule is Cn1cc(-c2cc(-c3cnccn3)c3c(-c4ccc(C(C(N)=O)C5CC5)cc4)cnn3c2)cn1. The van der Waals surface area contributed by atoms with Crippen LogP contribution in [-0.4, -0.2) is 35.3 Å². The summed E-state index contributed by atoms with van der Waals surface area (Å²) in [5, 5.41) is 8.97. The predicted octanol–water partition coefficient (Wildman–Crippen LogP) is 3.84. The third kappa shape index (κ3) is 3.53. The van der Waals surface area contributed by atoms with Crippen LogP contribution in [0.3, 0.4) is 0 Å². The number of carbonyl (C=O) groups is 1. The van der Waals surface area contributed by atoms with Gasteiger partial charge in [0.25, 0.3) is 0 Å². The van der Waals surface area contributed by atoms with Crippen molar-refractivity contribution in [3.63, 3.8) is 0 Å². The molecular weight excluding hydrogens is 426 g/mol. The largest absolute Gasteiger partial charge is 0.369 e. The number of benzene rings is 1. The standard InChI is InChI=1S/C26H23N7O/c1-32-14-20(11-30-32)19-10-21(23-13-28-8-9-29-23)25-22(12-31-33(25)15-19)16-2-4-17(5-3-16)24(26(27)34)18-6-7-18/h2-5,8-15,18,24H,6-7H2,1H3,(H2,27,34). The van der Waals surface area contributed by atoms with Gasteiger partial charge >= 0.3 is 0 Å². The maximum Gasteiger partial charge on any atom is 0.225 e. The molecule has 0 radical (unpaired) electrons. The molecule has 34 heavy (non-hydrogen) atoms. The third-order valence-corrected chi connectivity index (χ3v) is 6.47. The van der Waals surface area contributed by atoms with E-state index in [2.05, 4.69) is 26.2 Å². The Labute approximate surface area is 196 Å². The molecule has 6 rings (SSSR count). The average molecular weight is 450 g/mol. The number of nitrogens with two attached hydrogens (primary N) is 1. The maximum atomic E-state index is 12.0. The van der Waals surface area contributed by atoms with E-state index in [1.54, 1.807) is 23.3 Å². The lowest BCUT2D eigenvalue weighted by atomic mass is 9.92. The van der Waals surface area contributed by atoms with Crippen LogP contribution in [0.25, 0.3) is 39.0 Å². The summed E-state index contributed by atoms with van der Waals surface area (Å²) >= 11 is 0. The Kier molecular flexibility index (Phi) is 4.72. The first-order chi connectivity index (χ1) is 16.6. The number of amides is 1. The van der Waals surface area contributed by atoms with Crippen LogP contribution in [0.1, 0.15) is 24.3 Å². The number of fused-ring (bicyclic) bond motifs is 1. The van der Waals surface area contributed by atoms with E-state index in [1.165, 1.54) is 0 Å². The van der Waals surface area contributed by atoms with Gasteiger partial charge in [-0.15, -0.1) is 0 Å². The highest BCUT2D eigenvalue weighted by Crippen LogP contribution is 2.43. The minimum atomic E-state index is -0.251. The van der Waals surface area contributed by atoms with E-state index in [9.17, 15) is 4.79 Å². The van der Waals surface area contributed by atoms with Gasteiger partial charge in [-0.2, -0.15) is 10.2 Å². The first-order valence-corrected chi connectivity index (χ1v) is 11.2. The molecule has 1 amide bonds. The van der Waals surface area contributed by atoms with Crippen molar-refractivity contribution in [2.45, 2.75) is 18.8 Å². The van der Waals surface area contributed by atoms with Crippen LogP contribution in [0, 0.1) is 5.92 Å². The zero-order valence-electron chi connectivity index (χ0n) is 18.7. The molecule has 0 saturated heterocycles. The van der Waals surface area contributed by atoms with E-state index in [-0.39, 0.29) is 11.8 Å². The first-order valence-electron chi connectivity index (χ1n) is 11.2. The van der Waals surface area contributed by atoms with Gasteiger partial charge in [0, 0.05) is 54.1 Å². The topological polar surface area (TPSA) is 104 Å². The molecule has 1 atom stereocenters. The van der Waals surface area contributed by atoms with Crippen molar-refractivity contribution in [2.75, 3.05) is 0 Å². The van der Waals surface area contributed by atoms with E-state index in [1.807, 2.05) is 60.6 Å². The summed E-state index contributed by atoms with van der Waals surface area (Å²) in [5.41, 5.74) is 13.3. The fourth-order valence-electron chi connectivity index (χ4n) is 4.66. The van der Waals surface area contributed by atoms with Crippen LogP contribution in [-0.2, 0) is 11.8 Å². The average Bonchev–Trinajstić information content (AvgIpc) is 3.42. The Balaban J connectivity index is 1.49. The van der Waals surface area contributed by atoms with Gasteiger partial charge in [0.1, 0.15) is 0 Å². The van der Waals surface area contributed by atoms with E-state index in [4.69, 9.17) is 5.73 Å². The van der Waals surface area contributed by atoms with Gasteiger partial charge in [0.15, 0.2) is 0 Å². The van der Waals surface area contributed by atoms with Gasteiger partial charge in [-0.25, -0.2) is 4.52 Å². The van der Waals surface area contributed by atoms with Crippen molar-refractivity contribution in [1.29, 1.82) is 0 Å². The summed E-state index contributed by atoms with van der Waals surface area (Å²) in [6, 6.07) is 10.2. The molecule has 5 aromatic rings. The molecular formula is C26H23N7O. The second-order valence-electron chi connectivity index (χ2n) is 8.83. The Bertz CT molecular complexity index is 1500. The lowest BCUT2D eigenvalue weighted by Gasteiger charge is -2.13. The Hall–Kier alpha value is -4.33. The number of pyridine rings is 1. The molecule has 0 bridgehead atoms. The van der Waals surface area contributed by atoms with Crippen molar-refractivity contribution in [1.82, 2.24) is 29.4 Å². The molecule has 0 aliphatic heterocycles. The molecule has 8 nitrogen and oxygen atoms in total. The molecule has 1 aromatic carbocycles. The van der Waals surface area contributed by atoms with E-state index >= 15 is 0 Å². The number of hydrogen-bond acceptors (Lipinski definition) is 5. The number of aromatic nitrogens is 6. The van der Waals surface area contributed by atoms with Gasteiger partial charge in [-0.05, 0) is 36.0 Å². The third-order valence-electron chi connectivity index (χ3n) is 6.47. The maximum absolute atomic E-state index is 12.0. The number of nitrogens with zero attached hydrogens (tertiary/aromatic N) is 6. The lowest BCUT2D eigenvalue weighted by Crippen LogP contribution is -2.22. The molecule has 1 aliphatic rings. The molecule has 168 valence electrons. The summed E-state index contributed by atoms with van der Waals surface area (Å²) in [6.45, 7) is 0. The van der Waals surface area contributed by atoms with E-state index in [0.29, 0.717) is 5.92 Å². The fourth-order valence-corrected chi connectivity index (χ4v) is 4.66. The monoisotopic (exact) mass is 449 g/mol. The molecule has 4 aromatic heterocycles. The van der Waals surface area contributed by atoms with Crippen molar-refractivity contribution in [3.05, 3.63) is 79.3 Å². The van der Waals surface area contributed by atoms with Crippen molar-refractivity contribution < 1.29 is 4.79 Å². The van der Waals surface area contributed by atoms with Gasteiger partial charge < -0.3 is 5.73 Å². The fraction of sp³-hybridized carbons (Fsp3) is 0.192. The molecule has 1 aliphatic carbocycles. The smallest absolute Gasteiger partial charge is 0.225 e. The number of hydrogen-bond donors (Lipinski definition) is 1. The molecule has 0 spiro atoms. The van der Waals surface area contributed by atoms with Crippen molar-refractivity contribution >= 4 is 11.4 Å². The zero-order valence-corrected chi connectivity index (χ0v) is 18.7. The van der Waals surface area contributed by atoms with Gasteiger partial charge in [-0.1, -0.05) is 24.3 Å². The molecule has 8 heteroatoms. The predicted molar refractivity (Wildman–Crippen MR) is 129 cm³/mol. The molecule has 1 unspecified atom stereocenters. The highest BCUT2D eigenvalue weighted by molar-refractivity contribution is 5.93. The van der Waals surface area contributed by atoms with Crippen LogP contribution in [0.2, 0.25) is 0 Å². The summed E-state index contributed by atoms with van der Waals surface area (Å²) in [5.74, 6) is -0.0938. The number of rotatable bonds is 6. The van der Waals surface area contributed by atoms with Gasteiger partial charge in [0.2, 0.25) is 5.91 Å². The Morgan fingerprint density at radius 1 is 0.971 bits per heavy atom. The highest BCUT2D eigenvalue weighted by Gasteiger charge is 2.36. The second-order valence-corrected chi connectivity index (χ2v) is 8.83. The van der Waals surface area contributed by atoms with Crippen LogP contribution in [0.5, 0.6) is 0 Å². The molecule has 2 N–H and O–H groups in total. The normalized spacial score (nSPS) is 14.4. The number of carbonyl (C=O) groups excluding carboxylic acids is 1. The van der Waals surface area contributed by atoms with Gasteiger partial charge in [0.05, 0.1) is 35.7 Å². The lowest BCUT2D eigenvalue weighted by molar-refractivity contribution is -0.119. The highest BCUT2D eigenvalue weighted by atomic mass is 16.1. The van der Waals surface area contributed by atoms with Crippen molar-refractivity contribution in [2.24, 2.45) is 18.7 Å². The minimum Gasteiger partial charge on any atom is -0.369 e. The number of aryl methyl sites for hydroxylation is 1. The summed E-state index contributed by atoms with van der Waals surface area (Å²) < 4.78 is 3.66. The van der Waals surface area contributed by atoms with Crippen LogP contribution in [0.4, 0.5) is 0 Å². The molecule has 1 saturated carbocycles. The van der Waals surface area contributed by atoms with Crippen LogP contribution in [0.15, 0.2) is 73.7 Å². The van der Waals surface area contributed by atoms with E-state index in [0.717, 1.165) is 57.4 Å². The minimum absolute atomic E-state index is 0.213. The second kappa shape index (κ2) is 7.91. The van der Waals surface area contributed by atoms with Crippen LogP contribution >= 0.6 is 0 Å². The Morgan fingerprint density at radius 2 is 1.79 bits per heavy atom.